The molecule has 2 rings (SSSR count). The minimum absolute atomic E-state index is 0.0194. The zero-order valence-electron chi connectivity index (χ0n) is 11.8. The molecule has 3 atom stereocenters. The lowest BCUT2D eigenvalue weighted by atomic mass is 9.70. The Kier molecular flexibility index (Phi) is 3.60. The van der Waals surface area contributed by atoms with Gasteiger partial charge in [-0.05, 0) is 24.2 Å². The van der Waals surface area contributed by atoms with Gasteiger partial charge in [-0.1, -0.05) is 20.8 Å². The van der Waals surface area contributed by atoms with E-state index >= 15 is 0 Å². The molecule has 0 spiro atoms. The van der Waals surface area contributed by atoms with Crippen molar-refractivity contribution < 1.29 is 24.2 Å². The van der Waals surface area contributed by atoms with Crippen molar-refractivity contribution in [1.82, 2.24) is 0 Å². The minimum Gasteiger partial charge on any atom is -0.455 e. The number of aliphatic hydroxyl groups is 1. The Bertz CT molecular complexity index is 384. The fraction of sp³-hybridized carbons (Fsp3) is 0.857. The van der Waals surface area contributed by atoms with E-state index < -0.39 is 23.8 Å². The van der Waals surface area contributed by atoms with E-state index in [1.807, 2.05) is 0 Å². The molecule has 1 saturated carbocycles. The number of fused-ring (bicyclic) bond motifs is 1. The van der Waals surface area contributed by atoms with Gasteiger partial charge in [0.1, 0.15) is 0 Å². The van der Waals surface area contributed by atoms with E-state index in [9.17, 15) is 14.7 Å². The van der Waals surface area contributed by atoms with Crippen LogP contribution < -0.4 is 0 Å². The molecule has 0 aromatic rings. The average molecular weight is 270 g/mol. The third-order valence-corrected chi connectivity index (χ3v) is 4.17. The third-order valence-electron chi connectivity index (χ3n) is 4.17. The molecule has 2 aliphatic rings. The number of carbonyl (C=O) groups excluding carboxylic acids is 2. The molecule has 0 amide bonds. The summed E-state index contributed by atoms with van der Waals surface area (Å²) in [6, 6.07) is 0. The van der Waals surface area contributed by atoms with Crippen molar-refractivity contribution in [3.63, 3.8) is 0 Å². The van der Waals surface area contributed by atoms with E-state index in [1.165, 1.54) is 0 Å². The molecule has 1 N–H and O–H groups in total. The Morgan fingerprint density at radius 2 is 1.84 bits per heavy atom. The predicted molar refractivity (Wildman–Crippen MR) is 67.0 cm³/mol. The highest BCUT2D eigenvalue weighted by atomic mass is 16.7. The molecule has 5 nitrogen and oxygen atoms in total. The van der Waals surface area contributed by atoms with E-state index in [0.717, 1.165) is 6.42 Å². The Morgan fingerprint density at radius 3 is 2.47 bits per heavy atom. The summed E-state index contributed by atoms with van der Waals surface area (Å²) in [6.45, 7) is 6.37. The first-order valence-electron chi connectivity index (χ1n) is 6.84. The number of hydrogen-bond donors (Lipinski definition) is 1. The van der Waals surface area contributed by atoms with Gasteiger partial charge in [0.05, 0.1) is 12.8 Å². The molecule has 0 aromatic carbocycles. The van der Waals surface area contributed by atoms with Gasteiger partial charge in [0.15, 0.2) is 6.10 Å². The highest BCUT2D eigenvalue weighted by molar-refractivity contribution is 5.78. The zero-order valence-corrected chi connectivity index (χ0v) is 11.8. The second kappa shape index (κ2) is 4.78. The van der Waals surface area contributed by atoms with Crippen LogP contribution in [0, 0.1) is 11.3 Å². The predicted octanol–water partition coefficient (Wildman–Crippen LogP) is 1.77. The van der Waals surface area contributed by atoms with Crippen molar-refractivity contribution in [2.75, 3.05) is 0 Å². The number of hydrogen-bond acceptors (Lipinski definition) is 5. The lowest BCUT2D eigenvalue weighted by molar-refractivity contribution is -0.276. The van der Waals surface area contributed by atoms with Gasteiger partial charge in [-0.2, -0.15) is 0 Å². The first-order valence-corrected chi connectivity index (χ1v) is 6.84. The largest absolute Gasteiger partial charge is 0.455 e. The van der Waals surface area contributed by atoms with Crippen molar-refractivity contribution in [1.29, 1.82) is 0 Å². The van der Waals surface area contributed by atoms with E-state index in [0.29, 0.717) is 18.8 Å². The van der Waals surface area contributed by atoms with Crippen LogP contribution in [-0.4, -0.2) is 28.9 Å². The summed E-state index contributed by atoms with van der Waals surface area (Å²) in [7, 11) is 0. The van der Waals surface area contributed by atoms with Crippen LogP contribution >= 0.6 is 0 Å². The molecule has 0 bridgehead atoms. The molecule has 0 aromatic heterocycles. The molecule has 0 radical (unpaired) electrons. The van der Waals surface area contributed by atoms with E-state index in [1.54, 1.807) is 0 Å². The molecule has 1 aliphatic heterocycles. The summed E-state index contributed by atoms with van der Waals surface area (Å²) >= 11 is 0. The molecule has 108 valence electrons. The maximum absolute atomic E-state index is 11.6. The summed E-state index contributed by atoms with van der Waals surface area (Å²) in [5, 5.41) is 10.4. The molecule has 19 heavy (non-hydrogen) atoms. The van der Waals surface area contributed by atoms with Crippen LogP contribution in [0.2, 0.25) is 0 Å². The van der Waals surface area contributed by atoms with Gasteiger partial charge in [0.25, 0.3) is 0 Å². The smallest absolute Gasteiger partial charge is 0.309 e. The minimum atomic E-state index is -1.64. The molecule has 3 unspecified atom stereocenters. The Labute approximate surface area is 113 Å². The molecule has 1 saturated heterocycles. The lowest BCUT2D eigenvalue weighted by Gasteiger charge is -2.45. The number of ether oxygens (including phenoxy) is 2. The van der Waals surface area contributed by atoms with Gasteiger partial charge >= 0.3 is 11.9 Å². The quantitative estimate of drug-likeness (QED) is 0.679. The van der Waals surface area contributed by atoms with E-state index in [-0.39, 0.29) is 18.3 Å². The zero-order chi connectivity index (χ0) is 14.3. The van der Waals surface area contributed by atoms with Crippen LogP contribution in [0.5, 0.6) is 0 Å². The summed E-state index contributed by atoms with van der Waals surface area (Å²) in [4.78, 5) is 23.1. The summed E-state index contributed by atoms with van der Waals surface area (Å²) in [6.07, 6.45) is 0.837. The monoisotopic (exact) mass is 270 g/mol. The van der Waals surface area contributed by atoms with Gasteiger partial charge in [-0.25, -0.2) is 0 Å². The van der Waals surface area contributed by atoms with Crippen molar-refractivity contribution in [3.05, 3.63) is 0 Å². The number of carbonyl (C=O) groups is 2. The molecule has 2 fully saturated rings. The van der Waals surface area contributed by atoms with Gasteiger partial charge in [-0.15, -0.1) is 0 Å². The second-order valence-corrected chi connectivity index (χ2v) is 6.63. The van der Waals surface area contributed by atoms with Crippen molar-refractivity contribution in [3.8, 4) is 0 Å². The highest BCUT2D eigenvalue weighted by Gasteiger charge is 2.50. The molecular weight excluding hydrogens is 248 g/mol. The summed E-state index contributed by atoms with van der Waals surface area (Å²) in [5.74, 6) is -2.29. The first-order chi connectivity index (χ1) is 8.71. The van der Waals surface area contributed by atoms with Crippen LogP contribution in [0.3, 0.4) is 0 Å². The lowest BCUT2D eigenvalue weighted by Crippen LogP contribution is -2.54. The molecule has 1 heterocycles. The topological polar surface area (TPSA) is 72.8 Å². The normalized spacial score (nSPS) is 36.6. The fourth-order valence-electron chi connectivity index (χ4n) is 2.82. The summed E-state index contributed by atoms with van der Waals surface area (Å²) < 4.78 is 10.4. The van der Waals surface area contributed by atoms with Gasteiger partial charge in [0, 0.05) is 6.42 Å². The second-order valence-electron chi connectivity index (χ2n) is 6.63. The Morgan fingerprint density at radius 1 is 1.21 bits per heavy atom. The maximum atomic E-state index is 11.6. The van der Waals surface area contributed by atoms with Crippen molar-refractivity contribution in [2.45, 2.75) is 64.8 Å². The van der Waals surface area contributed by atoms with Crippen LogP contribution in [0.25, 0.3) is 0 Å². The molecule has 1 aliphatic carbocycles. The maximum Gasteiger partial charge on any atom is 0.309 e. The summed E-state index contributed by atoms with van der Waals surface area (Å²) in [5.41, 5.74) is 0.0696. The van der Waals surface area contributed by atoms with Crippen LogP contribution in [0.15, 0.2) is 0 Å². The number of rotatable bonds is 0. The van der Waals surface area contributed by atoms with Crippen LogP contribution in [0.1, 0.15) is 52.9 Å². The van der Waals surface area contributed by atoms with Crippen molar-refractivity contribution >= 4 is 11.9 Å². The Balaban J connectivity index is 2.19. The Hall–Kier alpha value is -1.10. The molecule has 5 heteroatoms. The van der Waals surface area contributed by atoms with Crippen LogP contribution in [0.4, 0.5) is 0 Å². The average Bonchev–Trinajstić information content (AvgIpc) is 2.26. The van der Waals surface area contributed by atoms with Gasteiger partial charge < -0.3 is 14.6 Å². The molecular formula is C14H22O5. The fourth-order valence-corrected chi connectivity index (χ4v) is 2.82. The highest BCUT2D eigenvalue weighted by Crippen LogP contribution is 2.43. The van der Waals surface area contributed by atoms with E-state index in [2.05, 4.69) is 20.8 Å². The van der Waals surface area contributed by atoms with Gasteiger partial charge in [-0.3, -0.25) is 9.59 Å². The number of esters is 2. The van der Waals surface area contributed by atoms with Crippen LogP contribution in [-0.2, 0) is 19.1 Å². The SMILES string of the molecule is CC(C)(C)C1CCC2(O)OC(=O)CCC(=O)OC2C1. The standard InChI is InChI=1S/C14H22O5/c1-13(2,3)9-6-7-14(17)10(8-9)18-11(15)4-5-12(16)19-14/h9-10,17H,4-8H2,1-3H3. The third kappa shape index (κ3) is 3.08. The first kappa shape index (κ1) is 14.3. The van der Waals surface area contributed by atoms with Gasteiger partial charge in [0.2, 0.25) is 5.79 Å². The van der Waals surface area contributed by atoms with E-state index in [4.69, 9.17) is 9.47 Å². The van der Waals surface area contributed by atoms with Crippen molar-refractivity contribution in [2.24, 2.45) is 11.3 Å².